The standard InChI is InChI=1S/C32H39N5O4/c1-32(2)23-10-9-22(24(32)18-23)12-16-41-27-11-8-21(17-28(27)40-3)20-36(26-7-4-5-13-34-30(26)38)31(39)25-19-29-33-14-6-15-37(29)35-25/h6,8-9,11,14-15,17,19,23-24,26H,4-5,7,10,12-13,16,18,20H2,1-3H3,(H,34,38)/t23-,24-,26-/m0/s1. The number of nitrogens with one attached hydrogen (secondary N) is 1. The van der Waals surface area contributed by atoms with Gasteiger partial charge in [-0.3, -0.25) is 9.59 Å². The first kappa shape index (κ1) is 27.3. The first-order valence-electron chi connectivity index (χ1n) is 14.7. The number of benzene rings is 1. The Balaban J connectivity index is 1.19. The van der Waals surface area contributed by atoms with Crippen LogP contribution in [0.3, 0.4) is 0 Å². The molecule has 41 heavy (non-hydrogen) atoms. The van der Waals surface area contributed by atoms with Gasteiger partial charge in [0.2, 0.25) is 5.91 Å². The van der Waals surface area contributed by atoms with Crippen LogP contribution in [0.4, 0.5) is 0 Å². The van der Waals surface area contributed by atoms with Gasteiger partial charge in [0.05, 0.1) is 13.7 Å². The third-order valence-electron chi connectivity index (χ3n) is 9.41. The molecule has 2 aromatic heterocycles. The number of carbonyl (C=O) groups excluding carboxylic acids is 2. The molecule has 1 saturated carbocycles. The molecule has 216 valence electrons. The quantitative estimate of drug-likeness (QED) is 0.379. The molecule has 2 fully saturated rings. The number of ether oxygens (including phenoxy) is 2. The second kappa shape index (κ2) is 11.2. The van der Waals surface area contributed by atoms with Crippen molar-refractivity contribution in [1.29, 1.82) is 0 Å². The molecule has 0 unspecified atom stereocenters. The summed E-state index contributed by atoms with van der Waals surface area (Å²) < 4.78 is 13.5. The maximum Gasteiger partial charge on any atom is 0.275 e. The lowest BCUT2D eigenvalue weighted by Gasteiger charge is -2.56. The summed E-state index contributed by atoms with van der Waals surface area (Å²) in [6.07, 6.45) is 11.6. The summed E-state index contributed by atoms with van der Waals surface area (Å²) in [6, 6.07) is 8.57. The highest BCUT2D eigenvalue weighted by Gasteiger charge is 2.50. The number of hydrogen-bond acceptors (Lipinski definition) is 6. The van der Waals surface area contributed by atoms with E-state index >= 15 is 0 Å². The Morgan fingerprint density at radius 2 is 2.10 bits per heavy atom. The summed E-state index contributed by atoms with van der Waals surface area (Å²) in [7, 11) is 1.62. The number of allylic oxidation sites excluding steroid dienone is 1. The second-order valence-electron chi connectivity index (χ2n) is 12.1. The average molecular weight is 558 g/mol. The Morgan fingerprint density at radius 3 is 2.88 bits per heavy atom. The summed E-state index contributed by atoms with van der Waals surface area (Å²) in [5.74, 6) is 2.34. The predicted molar refractivity (Wildman–Crippen MR) is 155 cm³/mol. The highest BCUT2D eigenvalue weighted by molar-refractivity contribution is 5.97. The van der Waals surface area contributed by atoms with Crippen molar-refractivity contribution in [2.75, 3.05) is 20.3 Å². The van der Waals surface area contributed by atoms with Gasteiger partial charge < -0.3 is 19.7 Å². The normalized spacial score (nSPS) is 23.1. The Labute approximate surface area is 240 Å². The van der Waals surface area contributed by atoms with Gasteiger partial charge in [0.1, 0.15) is 6.04 Å². The largest absolute Gasteiger partial charge is 0.493 e. The van der Waals surface area contributed by atoms with Crippen molar-refractivity contribution in [1.82, 2.24) is 24.8 Å². The molecule has 2 bridgehead atoms. The molecule has 1 aliphatic heterocycles. The van der Waals surface area contributed by atoms with Gasteiger partial charge in [-0.1, -0.05) is 31.6 Å². The average Bonchev–Trinajstić information content (AvgIpc) is 3.31. The second-order valence-corrected chi connectivity index (χ2v) is 12.1. The molecule has 9 nitrogen and oxygen atoms in total. The van der Waals surface area contributed by atoms with Gasteiger partial charge in [-0.25, -0.2) is 9.50 Å². The van der Waals surface area contributed by atoms with E-state index in [0.29, 0.717) is 48.1 Å². The Bertz CT molecular complexity index is 1440. The van der Waals surface area contributed by atoms with Crippen molar-refractivity contribution < 1.29 is 19.1 Å². The maximum atomic E-state index is 13.8. The van der Waals surface area contributed by atoms with Crippen LogP contribution in [0.2, 0.25) is 0 Å². The first-order chi connectivity index (χ1) is 19.8. The minimum Gasteiger partial charge on any atom is -0.493 e. The molecule has 3 atom stereocenters. The molecule has 9 heteroatoms. The maximum absolute atomic E-state index is 13.8. The predicted octanol–water partition coefficient (Wildman–Crippen LogP) is 4.81. The molecule has 3 aromatic rings. The number of rotatable bonds is 9. The lowest BCUT2D eigenvalue weighted by Crippen LogP contribution is -2.48. The van der Waals surface area contributed by atoms with Crippen LogP contribution in [0.15, 0.2) is 54.4 Å². The lowest BCUT2D eigenvalue weighted by atomic mass is 9.48. The van der Waals surface area contributed by atoms with E-state index in [1.807, 2.05) is 18.2 Å². The van der Waals surface area contributed by atoms with E-state index in [1.165, 1.54) is 18.4 Å². The lowest BCUT2D eigenvalue weighted by molar-refractivity contribution is -0.125. The Hall–Kier alpha value is -3.88. The van der Waals surface area contributed by atoms with Gasteiger partial charge in [0, 0.05) is 38.0 Å². The Morgan fingerprint density at radius 1 is 1.22 bits per heavy atom. The summed E-state index contributed by atoms with van der Waals surface area (Å²) in [5, 5.41) is 7.40. The molecule has 4 aliphatic rings. The van der Waals surface area contributed by atoms with E-state index in [0.717, 1.165) is 30.7 Å². The van der Waals surface area contributed by atoms with Gasteiger partial charge in [-0.05, 0) is 73.1 Å². The van der Waals surface area contributed by atoms with Crippen molar-refractivity contribution >= 4 is 17.5 Å². The minimum absolute atomic E-state index is 0.136. The van der Waals surface area contributed by atoms with E-state index in [-0.39, 0.29) is 24.1 Å². The molecule has 0 radical (unpaired) electrons. The minimum atomic E-state index is -0.594. The number of methoxy groups -OCH3 is 1. The van der Waals surface area contributed by atoms with Gasteiger partial charge in [0.25, 0.3) is 5.91 Å². The number of carbonyl (C=O) groups is 2. The van der Waals surface area contributed by atoms with Gasteiger partial charge >= 0.3 is 0 Å². The van der Waals surface area contributed by atoms with Gasteiger partial charge in [0.15, 0.2) is 22.8 Å². The number of aromatic nitrogens is 3. The van der Waals surface area contributed by atoms with Crippen LogP contribution in [-0.4, -0.2) is 57.6 Å². The fourth-order valence-electron chi connectivity index (χ4n) is 6.79. The van der Waals surface area contributed by atoms with Crippen molar-refractivity contribution in [2.24, 2.45) is 17.3 Å². The summed E-state index contributed by atoms with van der Waals surface area (Å²) in [6.45, 7) is 6.22. The molecular weight excluding hydrogens is 518 g/mol. The number of hydrogen-bond donors (Lipinski definition) is 1. The van der Waals surface area contributed by atoms with E-state index in [1.54, 1.807) is 41.1 Å². The summed E-state index contributed by atoms with van der Waals surface area (Å²) in [4.78, 5) is 32.8. The van der Waals surface area contributed by atoms with E-state index < -0.39 is 6.04 Å². The van der Waals surface area contributed by atoms with Crippen LogP contribution in [-0.2, 0) is 11.3 Å². The Kier molecular flexibility index (Phi) is 7.45. The van der Waals surface area contributed by atoms with E-state index in [4.69, 9.17) is 9.47 Å². The number of amides is 2. The molecule has 0 spiro atoms. The third kappa shape index (κ3) is 5.29. The third-order valence-corrected chi connectivity index (χ3v) is 9.41. The molecule has 7 rings (SSSR count). The zero-order chi connectivity index (χ0) is 28.6. The molecule has 1 aromatic carbocycles. The van der Waals surface area contributed by atoms with Crippen LogP contribution in [0.5, 0.6) is 11.5 Å². The molecule has 3 aliphatic carbocycles. The SMILES string of the molecule is COc1cc(CN(C(=O)c2cc3ncccn3n2)[C@H]2CCCCNC2=O)ccc1OCCC1=CC[C@H]2C[C@@H]1C2(C)C. The van der Waals surface area contributed by atoms with Crippen molar-refractivity contribution in [3.05, 3.63) is 65.6 Å². The zero-order valence-corrected chi connectivity index (χ0v) is 24.1. The van der Waals surface area contributed by atoms with Gasteiger partial charge in [-0.15, -0.1) is 0 Å². The van der Waals surface area contributed by atoms with Crippen LogP contribution in [0.1, 0.15) is 68.4 Å². The fraction of sp³-hybridized carbons (Fsp3) is 0.500. The molecule has 2 amide bonds. The summed E-state index contributed by atoms with van der Waals surface area (Å²) >= 11 is 0. The van der Waals surface area contributed by atoms with Crippen LogP contribution >= 0.6 is 0 Å². The van der Waals surface area contributed by atoms with Crippen LogP contribution in [0.25, 0.3) is 5.65 Å². The molecule has 3 heterocycles. The fourth-order valence-corrected chi connectivity index (χ4v) is 6.79. The monoisotopic (exact) mass is 557 g/mol. The van der Waals surface area contributed by atoms with Gasteiger partial charge in [-0.2, -0.15) is 5.10 Å². The molecule has 1 saturated heterocycles. The first-order valence-corrected chi connectivity index (χ1v) is 14.7. The molecule has 1 N–H and O–H groups in total. The summed E-state index contributed by atoms with van der Waals surface area (Å²) in [5.41, 5.74) is 3.60. The van der Waals surface area contributed by atoms with Crippen LogP contribution in [0, 0.1) is 17.3 Å². The van der Waals surface area contributed by atoms with Crippen molar-refractivity contribution in [2.45, 2.75) is 65.0 Å². The molecular formula is C32H39N5O4. The van der Waals surface area contributed by atoms with Crippen molar-refractivity contribution in [3.63, 3.8) is 0 Å². The van der Waals surface area contributed by atoms with Crippen LogP contribution < -0.4 is 14.8 Å². The number of nitrogens with zero attached hydrogens (tertiary/aromatic N) is 4. The zero-order valence-electron chi connectivity index (χ0n) is 24.1. The van der Waals surface area contributed by atoms with E-state index in [9.17, 15) is 9.59 Å². The van der Waals surface area contributed by atoms with Crippen molar-refractivity contribution in [3.8, 4) is 11.5 Å². The highest BCUT2D eigenvalue weighted by atomic mass is 16.5. The van der Waals surface area contributed by atoms with E-state index in [2.05, 4.69) is 35.3 Å². The smallest absolute Gasteiger partial charge is 0.275 e. The topological polar surface area (TPSA) is 98.1 Å². The highest BCUT2D eigenvalue weighted by Crippen LogP contribution is 2.59. The number of fused-ring (bicyclic) bond motifs is 2.